The Bertz CT molecular complexity index is 777. The fourth-order valence-electron chi connectivity index (χ4n) is 4.42. The summed E-state index contributed by atoms with van der Waals surface area (Å²) in [5, 5.41) is 9.51. The quantitative estimate of drug-likeness (QED) is 0.0504. The second kappa shape index (κ2) is 34.1. The lowest BCUT2D eigenvalue weighted by Crippen LogP contribution is -2.28. The molecular weight excluding hydrogens is 536 g/mol. The van der Waals surface area contributed by atoms with Gasteiger partial charge in [0.1, 0.15) is 6.61 Å². The van der Waals surface area contributed by atoms with Crippen molar-refractivity contribution in [3.05, 3.63) is 60.8 Å². The maximum atomic E-state index is 12.1. The molecule has 1 atom stereocenters. The van der Waals surface area contributed by atoms with Gasteiger partial charge in [-0.3, -0.25) is 9.59 Å². The molecule has 1 N–H and O–H groups in total. The van der Waals surface area contributed by atoms with Gasteiger partial charge in [0.15, 0.2) is 6.10 Å². The summed E-state index contributed by atoms with van der Waals surface area (Å²) in [5.74, 6) is -0.636. The molecule has 5 nitrogen and oxygen atoms in total. The second-order valence-electron chi connectivity index (χ2n) is 11.2. The molecule has 0 amide bonds. The number of hydrogen-bond acceptors (Lipinski definition) is 5. The van der Waals surface area contributed by atoms with Gasteiger partial charge in [-0.2, -0.15) is 0 Å². The van der Waals surface area contributed by atoms with E-state index >= 15 is 0 Å². The van der Waals surface area contributed by atoms with Gasteiger partial charge in [0.05, 0.1) is 6.61 Å². The van der Waals surface area contributed by atoms with E-state index in [1.54, 1.807) is 0 Å². The summed E-state index contributed by atoms with van der Waals surface area (Å²) < 4.78 is 10.5. The van der Waals surface area contributed by atoms with Crippen LogP contribution >= 0.6 is 0 Å². The average Bonchev–Trinajstić information content (AvgIpc) is 3.01. The highest BCUT2D eigenvalue weighted by molar-refractivity contribution is 5.70. The molecule has 0 rings (SSSR count). The molecule has 0 radical (unpaired) electrons. The summed E-state index contributed by atoms with van der Waals surface area (Å²) in [7, 11) is 0. The van der Waals surface area contributed by atoms with E-state index in [0.717, 1.165) is 83.5 Å². The summed E-state index contributed by atoms with van der Waals surface area (Å²) >= 11 is 0. The van der Waals surface area contributed by atoms with Crippen LogP contribution in [-0.2, 0) is 19.1 Å². The molecular formula is C38H64O5. The van der Waals surface area contributed by atoms with Crippen LogP contribution in [0.1, 0.15) is 149 Å². The summed E-state index contributed by atoms with van der Waals surface area (Å²) in [6, 6.07) is 0. The van der Waals surface area contributed by atoms with E-state index in [1.807, 2.05) is 0 Å². The molecule has 0 aromatic carbocycles. The number of aliphatic hydroxyl groups is 1. The Labute approximate surface area is 264 Å². The number of rotatable bonds is 30. The van der Waals surface area contributed by atoms with Gasteiger partial charge in [-0.05, 0) is 77.0 Å². The number of aliphatic hydroxyl groups excluding tert-OH is 1. The van der Waals surface area contributed by atoms with Crippen molar-refractivity contribution in [3.8, 4) is 0 Å². The number of allylic oxidation sites excluding steroid dienone is 10. The van der Waals surface area contributed by atoms with Gasteiger partial charge in [0.2, 0.25) is 0 Å². The van der Waals surface area contributed by atoms with Crippen LogP contribution in [0.2, 0.25) is 0 Å². The SMILES string of the molecule is CC/C=C\C/C=C\C/C=C\C/C=C\CCCCCCC(=O)OC(CO)COC(=O)CCCCCCC/C=C\CCCCC. The number of carbonyl (C=O) groups is 2. The van der Waals surface area contributed by atoms with E-state index in [9.17, 15) is 14.7 Å². The predicted octanol–water partition coefficient (Wildman–Crippen LogP) is 10.4. The largest absolute Gasteiger partial charge is 0.462 e. The molecule has 5 heteroatoms. The Balaban J connectivity index is 3.67. The highest BCUT2D eigenvalue weighted by Gasteiger charge is 2.16. The number of hydrogen-bond donors (Lipinski definition) is 1. The maximum Gasteiger partial charge on any atom is 0.306 e. The first-order valence-corrected chi connectivity index (χ1v) is 17.3. The number of carbonyl (C=O) groups excluding carboxylic acids is 2. The predicted molar refractivity (Wildman–Crippen MR) is 182 cm³/mol. The smallest absolute Gasteiger partial charge is 0.306 e. The normalized spacial score (nSPS) is 12.9. The molecule has 1 unspecified atom stereocenters. The molecule has 0 bridgehead atoms. The van der Waals surface area contributed by atoms with Crippen LogP contribution in [0.4, 0.5) is 0 Å². The Morgan fingerprint density at radius 3 is 1.53 bits per heavy atom. The molecule has 0 aromatic heterocycles. The second-order valence-corrected chi connectivity index (χ2v) is 11.2. The first kappa shape index (κ1) is 40.6. The van der Waals surface area contributed by atoms with Gasteiger partial charge in [-0.15, -0.1) is 0 Å². The lowest BCUT2D eigenvalue weighted by molar-refractivity contribution is -0.161. The van der Waals surface area contributed by atoms with E-state index in [0.29, 0.717) is 12.8 Å². The Morgan fingerprint density at radius 1 is 0.558 bits per heavy atom. The minimum absolute atomic E-state index is 0.0828. The van der Waals surface area contributed by atoms with Gasteiger partial charge in [0.25, 0.3) is 0 Å². The molecule has 0 fully saturated rings. The standard InChI is InChI=1S/C38H64O5/c1-3-5-7-9-11-13-15-17-18-19-20-21-23-25-27-29-31-33-38(41)43-36(34-39)35-42-37(40)32-30-28-26-24-22-16-14-12-10-8-6-4-2/h5,7,11-14,17-18,20-21,36,39H,3-4,6,8-10,15-16,19,22-35H2,1-2H3/b7-5-,13-11-,14-12-,18-17-,21-20-. The Hall–Kier alpha value is -2.40. The highest BCUT2D eigenvalue weighted by atomic mass is 16.6. The van der Waals surface area contributed by atoms with Gasteiger partial charge in [-0.25, -0.2) is 0 Å². The fourth-order valence-corrected chi connectivity index (χ4v) is 4.42. The lowest BCUT2D eigenvalue weighted by atomic mass is 10.1. The zero-order valence-electron chi connectivity index (χ0n) is 27.7. The number of ether oxygens (including phenoxy) is 2. The minimum Gasteiger partial charge on any atom is -0.462 e. The van der Waals surface area contributed by atoms with E-state index < -0.39 is 6.10 Å². The zero-order valence-corrected chi connectivity index (χ0v) is 27.7. The van der Waals surface area contributed by atoms with E-state index in [4.69, 9.17) is 9.47 Å². The summed E-state index contributed by atoms with van der Waals surface area (Å²) in [6.45, 7) is 3.95. The summed E-state index contributed by atoms with van der Waals surface area (Å²) in [5.41, 5.74) is 0. The van der Waals surface area contributed by atoms with E-state index in [-0.39, 0.29) is 25.2 Å². The molecule has 0 saturated heterocycles. The monoisotopic (exact) mass is 600 g/mol. The van der Waals surface area contributed by atoms with Crippen LogP contribution in [0.3, 0.4) is 0 Å². The number of unbranched alkanes of at least 4 members (excludes halogenated alkanes) is 12. The number of esters is 2. The van der Waals surface area contributed by atoms with E-state index in [1.165, 1.54) is 38.5 Å². The van der Waals surface area contributed by atoms with Gasteiger partial charge < -0.3 is 14.6 Å². The molecule has 246 valence electrons. The first-order chi connectivity index (χ1) is 21.1. The van der Waals surface area contributed by atoms with Gasteiger partial charge >= 0.3 is 11.9 Å². The molecule has 43 heavy (non-hydrogen) atoms. The Kier molecular flexibility index (Phi) is 32.2. The van der Waals surface area contributed by atoms with Gasteiger partial charge in [-0.1, -0.05) is 120 Å². The first-order valence-electron chi connectivity index (χ1n) is 17.3. The van der Waals surface area contributed by atoms with Crippen LogP contribution in [0.15, 0.2) is 60.8 Å². The van der Waals surface area contributed by atoms with Crippen molar-refractivity contribution in [3.63, 3.8) is 0 Å². The fraction of sp³-hybridized carbons (Fsp3) is 0.684. The molecule has 0 spiro atoms. The highest BCUT2D eigenvalue weighted by Crippen LogP contribution is 2.11. The summed E-state index contributed by atoms with van der Waals surface area (Å²) in [6.07, 6.45) is 42.7. The van der Waals surface area contributed by atoms with Crippen molar-refractivity contribution >= 4 is 11.9 Å². The molecule has 0 heterocycles. The third-order valence-electron chi connectivity index (χ3n) is 7.05. The lowest BCUT2D eigenvalue weighted by Gasteiger charge is -2.15. The van der Waals surface area contributed by atoms with Crippen LogP contribution in [-0.4, -0.2) is 36.4 Å². The van der Waals surface area contributed by atoms with Crippen LogP contribution < -0.4 is 0 Å². The molecule has 0 saturated carbocycles. The molecule has 0 aliphatic rings. The van der Waals surface area contributed by atoms with Crippen LogP contribution in [0, 0.1) is 0 Å². The van der Waals surface area contributed by atoms with Crippen molar-refractivity contribution in [2.24, 2.45) is 0 Å². The average molecular weight is 601 g/mol. The van der Waals surface area contributed by atoms with Crippen molar-refractivity contribution in [1.82, 2.24) is 0 Å². The van der Waals surface area contributed by atoms with E-state index in [2.05, 4.69) is 74.6 Å². The topological polar surface area (TPSA) is 72.8 Å². The van der Waals surface area contributed by atoms with Crippen LogP contribution in [0.5, 0.6) is 0 Å². The molecule has 0 aromatic rings. The zero-order chi connectivity index (χ0) is 31.5. The molecule has 0 aliphatic carbocycles. The third kappa shape index (κ3) is 32.4. The van der Waals surface area contributed by atoms with Crippen molar-refractivity contribution in [2.45, 2.75) is 155 Å². The maximum absolute atomic E-state index is 12.1. The third-order valence-corrected chi connectivity index (χ3v) is 7.05. The van der Waals surface area contributed by atoms with Crippen molar-refractivity contribution < 1.29 is 24.2 Å². The summed E-state index contributed by atoms with van der Waals surface area (Å²) in [4.78, 5) is 24.1. The van der Waals surface area contributed by atoms with Crippen molar-refractivity contribution in [1.29, 1.82) is 0 Å². The van der Waals surface area contributed by atoms with Crippen LogP contribution in [0.25, 0.3) is 0 Å². The van der Waals surface area contributed by atoms with Crippen molar-refractivity contribution in [2.75, 3.05) is 13.2 Å². The molecule has 0 aliphatic heterocycles. The Morgan fingerprint density at radius 2 is 1.00 bits per heavy atom. The van der Waals surface area contributed by atoms with Gasteiger partial charge in [0, 0.05) is 12.8 Å². The minimum atomic E-state index is -0.787.